The Labute approximate surface area is 127 Å². The first-order chi connectivity index (χ1) is 10.5. The molecule has 2 N–H and O–H groups in total. The van der Waals surface area contributed by atoms with Crippen LogP contribution in [-0.4, -0.2) is 45.1 Å². The molecule has 0 aliphatic carbocycles. The summed E-state index contributed by atoms with van der Waals surface area (Å²) >= 11 is 0. The highest BCUT2D eigenvalue weighted by atomic mass is 16.5. The van der Waals surface area contributed by atoms with Gasteiger partial charge in [0, 0.05) is 0 Å². The largest absolute Gasteiger partial charge is 0.495 e. The van der Waals surface area contributed by atoms with Gasteiger partial charge >= 0.3 is 11.9 Å². The first-order valence-corrected chi connectivity index (χ1v) is 6.35. The monoisotopic (exact) mass is 310 g/mol. The lowest BCUT2D eigenvalue weighted by Gasteiger charge is -2.17. The summed E-state index contributed by atoms with van der Waals surface area (Å²) in [6.45, 7) is 0. The molecule has 1 aromatic rings. The van der Waals surface area contributed by atoms with Crippen LogP contribution in [0.5, 0.6) is 5.75 Å². The number of hydrogen-bond acceptors (Lipinski definition) is 8. The molecule has 22 heavy (non-hydrogen) atoms. The molecule has 0 heterocycles. The molecule has 1 rings (SSSR count). The molecule has 8 nitrogen and oxygen atoms in total. The Morgan fingerprint density at radius 2 is 1.77 bits per heavy atom. The fourth-order valence-corrected chi connectivity index (χ4v) is 1.60. The van der Waals surface area contributed by atoms with Gasteiger partial charge in [0.1, 0.15) is 12.2 Å². The van der Waals surface area contributed by atoms with Gasteiger partial charge in [-0.15, -0.1) is 0 Å². The van der Waals surface area contributed by atoms with E-state index in [0.717, 1.165) is 14.2 Å². The summed E-state index contributed by atoms with van der Waals surface area (Å²) in [6.07, 6.45) is -0.545. The van der Waals surface area contributed by atoms with Gasteiger partial charge in [0.05, 0.1) is 27.0 Å². The van der Waals surface area contributed by atoms with Crippen molar-refractivity contribution in [1.82, 2.24) is 5.43 Å². The van der Waals surface area contributed by atoms with Gasteiger partial charge in [0.2, 0.25) is 0 Å². The van der Waals surface area contributed by atoms with E-state index >= 15 is 0 Å². The molecule has 0 aliphatic heterocycles. The number of anilines is 1. The molecule has 0 aromatic heterocycles. The molecule has 8 heteroatoms. The number of esters is 2. The quantitative estimate of drug-likeness (QED) is 0.401. The van der Waals surface area contributed by atoms with Gasteiger partial charge in [0.25, 0.3) is 0 Å². The van der Waals surface area contributed by atoms with E-state index in [2.05, 4.69) is 20.3 Å². The van der Waals surface area contributed by atoms with Gasteiger partial charge in [-0.2, -0.15) is 0 Å². The standard InChI is InChI=1S/C14H18N2O6/c1-20-11-7-5-4-6-9(11)15-16-13(14(19)22-3)10(17)8-12(18)21-2/h4-7,13,15-16H,8H2,1-3H3. The van der Waals surface area contributed by atoms with E-state index in [1.54, 1.807) is 24.3 Å². The maximum atomic E-state index is 12.0. The number of hydrazine groups is 1. The second kappa shape index (κ2) is 8.63. The molecule has 0 aliphatic rings. The lowest BCUT2D eigenvalue weighted by Crippen LogP contribution is -2.47. The Hall–Kier alpha value is -2.61. The molecule has 0 fully saturated rings. The van der Waals surface area contributed by atoms with Gasteiger partial charge in [-0.1, -0.05) is 12.1 Å². The minimum Gasteiger partial charge on any atom is -0.495 e. The van der Waals surface area contributed by atoms with Crippen molar-refractivity contribution in [1.29, 1.82) is 0 Å². The number of ketones is 1. The highest BCUT2D eigenvalue weighted by Gasteiger charge is 2.29. The number of para-hydroxylation sites is 2. The molecule has 120 valence electrons. The molecule has 0 amide bonds. The van der Waals surface area contributed by atoms with Crippen LogP contribution in [0.3, 0.4) is 0 Å². The summed E-state index contributed by atoms with van der Waals surface area (Å²) in [6, 6.07) is 5.55. The van der Waals surface area contributed by atoms with Crippen molar-refractivity contribution in [3.8, 4) is 5.75 Å². The fourth-order valence-electron chi connectivity index (χ4n) is 1.60. The molecular weight excluding hydrogens is 292 g/mol. The highest BCUT2D eigenvalue weighted by molar-refractivity contribution is 6.09. The fraction of sp³-hybridized carbons (Fsp3) is 0.357. The number of nitrogens with one attached hydrogen (secondary N) is 2. The number of Topliss-reactive ketones (excluding diaryl/α,β-unsaturated/α-hetero) is 1. The molecule has 1 atom stereocenters. The molecule has 0 spiro atoms. The summed E-state index contributed by atoms with van der Waals surface area (Å²) in [5.41, 5.74) is 5.75. The van der Waals surface area contributed by atoms with Crippen LogP contribution in [0.1, 0.15) is 6.42 Å². The third kappa shape index (κ3) is 4.74. The van der Waals surface area contributed by atoms with Crippen LogP contribution in [0.15, 0.2) is 24.3 Å². The Bertz CT molecular complexity index is 546. The van der Waals surface area contributed by atoms with E-state index < -0.39 is 30.2 Å². The minimum atomic E-state index is -1.35. The van der Waals surface area contributed by atoms with Crippen molar-refractivity contribution in [2.45, 2.75) is 12.5 Å². The Morgan fingerprint density at radius 3 is 2.36 bits per heavy atom. The van der Waals surface area contributed by atoms with E-state index in [1.807, 2.05) is 0 Å². The summed E-state index contributed by atoms with van der Waals surface area (Å²) in [7, 11) is 3.79. The van der Waals surface area contributed by atoms with E-state index in [1.165, 1.54) is 7.11 Å². The van der Waals surface area contributed by atoms with Crippen LogP contribution in [0.2, 0.25) is 0 Å². The molecule has 0 radical (unpaired) electrons. The van der Waals surface area contributed by atoms with Gasteiger partial charge in [-0.3, -0.25) is 9.59 Å². The number of hydrogen-bond donors (Lipinski definition) is 2. The SMILES string of the molecule is COC(=O)CC(=O)C(NNc1ccccc1OC)C(=O)OC. The summed E-state index contributed by atoms with van der Waals surface area (Å²) in [5.74, 6) is -1.73. The van der Waals surface area contributed by atoms with E-state index in [0.29, 0.717) is 11.4 Å². The van der Waals surface area contributed by atoms with E-state index in [9.17, 15) is 14.4 Å². The third-order valence-electron chi connectivity index (χ3n) is 2.76. The lowest BCUT2D eigenvalue weighted by molar-refractivity contribution is -0.148. The normalized spacial score (nSPS) is 11.2. The maximum Gasteiger partial charge on any atom is 0.332 e. The van der Waals surface area contributed by atoms with Gasteiger partial charge < -0.3 is 19.6 Å². The number of benzene rings is 1. The summed E-state index contributed by atoms with van der Waals surface area (Å²) in [4.78, 5) is 34.8. The number of carbonyl (C=O) groups is 3. The smallest absolute Gasteiger partial charge is 0.332 e. The van der Waals surface area contributed by atoms with Crippen molar-refractivity contribution >= 4 is 23.4 Å². The zero-order valence-corrected chi connectivity index (χ0v) is 12.5. The summed E-state index contributed by atoms with van der Waals surface area (Å²) < 4.78 is 14.1. The molecule has 1 aromatic carbocycles. The minimum absolute atomic E-state index is 0.513. The van der Waals surface area contributed by atoms with Crippen LogP contribution in [-0.2, 0) is 23.9 Å². The predicted molar refractivity (Wildman–Crippen MR) is 77.2 cm³/mol. The maximum absolute atomic E-state index is 12.0. The van der Waals surface area contributed by atoms with Crippen molar-refractivity contribution < 1.29 is 28.6 Å². The van der Waals surface area contributed by atoms with Crippen molar-refractivity contribution in [2.24, 2.45) is 0 Å². The second-order valence-electron chi connectivity index (χ2n) is 4.15. The Morgan fingerprint density at radius 1 is 1.09 bits per heavy atom. The Balaban J connectivity index is 2.79. The molecule has 1 unspecified atom stereocenters. The van der Waals surface area contributed by atoms with E-state index in [-0.39, 0.29) is 0 Å². The van der Waals surface area contributed by atoms with Crippen molar-refractivity contribution in [3.05, 3.63) is 24.3 Å². The van der Waals surface area contributed by atoms with Crippen LogP contribution in [0.4, 0.5) is 5.69 Å². The predicted octanol–water partition coefficient (Wildman–Crippen LogP) is 0.285. The average Bonchev–Trinajstić information content (AvgIpc) is 2.54. The second-order valence-corrected chi connectivity index (χ2v) is 4.15. The molecule has 0 saturated heterocycles. The third-order valence-corrected chi connectivity index (χ3v) is 2.76. The highest BCUT2D eigenvalue weighted by Crippen LogP contribution is 2.22. The first kappa shape index (κ1) is 17.4. The number of rotatable bonds is 8. The van der Waals surface area contributed by atoms with Gasteiger partial charge in [-0.25, -0.2) is 10.2 Å². The van der Waals surface area contributed by atoms with Crippen LogP contribution >= 0.6 is 0 Å². The average molecular weight is 310 g/mol. The number of ether oxygens (including phenoxy) is 3. The van der Waals surface area contributed by atoms with Gasteiger partial charge in [0.15, 0.2) is 11.8 Å². The molecular formula is C14H18N2O6. The number of methoxy groups -OCH3 is 3. The molecule has 0 bridgehead atoms. The topological polar surface area (TPSA) is 103 Å². The number of carbonyl (C=O) groups excluding carboxylic acids is 3. The zero-order valence-electron chi connectivity index (χ0n) is 12.5. The van der Waals surface area contributed by atoms with Gasteiger partial charge in [-0.05, 0) is 12.1 Å². The van der Waals surface area contributed by atoms with Crippen LogP contribution in [0.25, 0.3) is 0 Å². The molecule has 0 saturated carbocycles. The lowest BCUT2D eigenvalue weighted by atomic mass is 10.1. The summed E-state index contributed by atoms with van der Waals surface area (Å²) in [5, 5.41) is 0. The first-order valence-electron chi connectivity index (χ1n) is 6.35. The van der Waals surface area contributed by atoms with Crippen LogP contribution < -0.4 is 15.6 Å². The van der Waals surface area contributed by atoms with E-state index in [4.69, 9.17) is 4.74 Å². The van der Waals surface area contributed by atoms with Crippen molar-refractivity contribution in [3.63, 3.8) is 0 Å². The Kier molecular flexibility index (Phi) is 6.84. The zero-order chi connectivity index (χ0) is 16.5. The van der Waals surface area contributed by atoms with Crippen LogP contribution in [0, 0.1) is 0 Å². The van der Waals surface area contributed by atoms with Crippen molar-refractivity contribution in [2.75, 3.05) is 26.8 Å².